The zero-order valence-electron chi connectivity index (χ0n) is 7.76. The summed E-state index contributed by atoms with van der Waals surface area (Å²) < 4.78 is 12.9. The summed E-state index contributed by atoms with van der Waals surface area (Å²) in [6.07, 6.45) is 4.81. The molecule has 1 heterocycles. The van der Waals surface area contributed by atoms with Gasteiger partial charge in [-0.15, -0.1) is 0 Å². The van der Waals surface area contributed by atoms with Crippen LogP contribution in [0.3, 0.4) is 0 Å². The maximum absolute atomic E-state index is 12.9. The van der Waals surface area contributed by atoms with E-state index in [2.05, 4.69) is 11.9 Å². The van der Waals surface area contributed by atoms with Crippen molar-refractivity contribution in [3.05, 3.63) is 18.1 Å². The summed E-state index contributed by atoms with van der Waals surface area (Å²) in [6, 6.07) is 1.41. The van der Waals surface area contributed by atoms with E-state index in [1.54, 1.807) is 6.20 Å². The largest absolute Gasteiger partial charge is 0.381 e. The number of nitrogen functional groups attached to an aromatic ring is 1. The molecule has 0 bridgehead atoms. The second-order valence-corrected chi connectivity index (χ2v) is 2.98. The van der Waals surface area contributed by atoms with E-state index in [4.69, 9.17) is 5.73 Å². The molecule has 1 rings (SSSR count). The molecule has 0 aliphatic rings. The average Bonchev–Trinajstić information content (AvgIpc) is 2.12. The van der Waals surface area contributed by atoms with Crippen LogP contribution in [0.2, 0.25) is 6.32 Å². The van der Waals surface area contributed by atoms with E-state index in [1.807, 2.05) is 7.28 Å². The lowest BCUT2D eigenvalue weighted by Gasteiger charge is -2.00. The topological polar surface area (TPSA) is 38.9 Å². The number of rotatable bonds is 4. The molecule has 0 spiro atoms. The molecular formula is C9H13BFN2. The van der Waals surface area contributed by atoms with Crippen molar-refractivity contribution in [2.45, 2.75) is 26.1 Å². The molecule has 0 aliphatic heterocycles. The molecule has 0 amide bonds. The quantitative estimate of drug-likeness (QED) is 0.559. The Balaban J connectivity index is 2.53. The first-order chi connectivity index (χ1) is 6.24. The van der Waals surface area contributed by atoms with Gasteiger partial charge in [-0.2, -0.15) is 0 Å². The third kappa shape index (κ3) is 3.05. The fourth-order valence-corrected chi connectivity index (χ4v) is 1.05. The van der Waals surface area contributed by atoms with Gasteiger partial charge in [-0.3, -0.25) is 0 Å². The summed E-state index contributed by atoms with van der Waals surface area (Å²) in [4.78, 5) is 3.73. The number of anilines is 1. The number of halogens is 1. The van der Waals surface area contributed by atoms with Crippen molar-refractivity contribution in [3.63, 3.8) is 0 Å². The predicted molar refractivity (Wildman–Crippen MR) is 53.7 cm³/mol. The molecule has 13 heavy (non-hydrogen) atoms. The lowest BCUT2D eigenvalue weighted by atomic mass is 9.67. The molecule has 0 saturated carbocycles. The Morgan fingerprint density at radius 3 is 3.00 bits per heavy atom. The molecule has 0 fully saturated rings. The second-order valence-electron chi connectivity index (χ2n) is 2.98. The standard InChI is InChI=1S/C9H13BFN2/c1-2-3-4-10-7-5-8(11)9(12)13-6-7/h5-6H,2-4H2,1H3,(H2,12,13). The minimum absolute atomic E-state index is 0.0346. The molecule has 1 aromatic rings. The molecule has 4 heteroatoms. The van der Waals surface area contributed by atoms with E-state index in [0.29, 0.717) is 0 Å². The summed E-state index contributed by atoms with van der Waals surface area (Å²) in [5.41, 5.74) is 6.05. The number of pyridine rings is 1. The Labute approximate surface area is 78.6 Å². The van der Waals surface area contributed by atoms with E-state index < -0.39 is 5.82 Å². The van der Waals surface area contributed by atoms with Crippen LogP contribution in [0, 0.1) is 5.82 Å². The van der Waals surface area contributed by atoms with Crippen LogP contribution in [0.25, 0.3) is 0 Å². The van der Waals surface area contributed by atoms with E-state index in [0.717, 1.165) is 24.6 Å². The van der Waals surface area contributed by atoms with E-state index in [9.17, 15) is 4.39 Å². The van der Waals surface area contributed by atoms with E-state index >= 15 is 0 Å². The summed E-state index contributed by atoms with van der Waals surface area (Å²) >= 11 is 0. The summed E-state index contributed by atoms with van der Waals surface area (Å²) in [5.74, 6) is -0.474. The fraction of sp³-hybridized carbons (Fsp3) is 0.444. The number of hydrogen-bond acceptors (Lipinski definition) is 2. The normalized spacial score (nSPS) is 10.0. The molecule has 0 aromatic carbocycles. The molecule has 69 valence electrons. The Morgan fingerprint density at radius 1 is 1.62 bits per heavy atom. The SMILES string of the molecule is CCCC[B]c1cnc(N)c(F)c1. The van der Waals surface area contributed by atoms with Crippen LogP contribution in [0.4, 0.5) is 10.2 Å². The van der Waals surface area contributed by atoms with Gasteiger partial charge in [-0.05, 0) is 6.07 Å². The predicted octanol–water partition coefficient (Wildman–Crippen LogP) is 1.35. The highest BCUT2D eigenvalue weighted by Gasteiger charge is 2.01. The van der Waals surface area contributed by atoms with Crippen molar-refractivity contribution in [1.29, 1.82) is 0 Å². The maximum atomic E-state index is 12.9. The lowest BCUT2D eigenvalue weighted by molar-refractivity contribution is 0.628. The Morgan fingerprint density at radius 2 is 2.38 bits per heavy atom. The number of nitrogens with two attached hydrogens (primary N) is 1. The third-order valence-corrected chi connectivity index (χ3v) is 1.83. The van der Waals surface area contributed by atoms with Gasteiger partial charge in [0.1, 0.15) is 0 Å². The highest BCUT2D eigenvalue weighted by Crippen LogP contribution is 2.02. The van der Waals surface area contributed by atoms with Crippen molar-refractivity contribution >= 4 is 18.6 Å². The number of unbranched alkanes of at least 4 members (excludes halogenated alkanes) is 1. The Hall–Kier alpha value is -1.06. The zero-order valence-corrected chi connectivity index (χ0v) is 7.76. The van der Waals surface area contributed by atoms with Gasteiger partial charge in [0, 0.05) is 6.20 Å². The molecule has 0 unspecified atom stereocenters. The van der Waals surface area contributed by atoms with Gasteiger partial charge >= 0.3 is 0 Å². The molecule has 2 nitrogen and oxygen atoms in total. The minimum atomic E-state index is -0.440. The summed E-state index contributed by atoms with van der Waals surface area (Å²) in [6.45, 7) is 2.12. The van der Waals surface area contributed by atoms with E-state index in [-0.39, 0.29) is 5.82 Å². The summed E-state index contributed by atoms with van der Waals surface area (Å²) in [7, 11) is 1.97. The maximum Gasteiger partial charge on any atom is 0.164 e. The molecule has 1 aromatic heterocycles. The summed E-state index contributed by atoms with van der Waals surface area (Å²) in [5, 5.41) is 0. The lowest BCUT2D eigenvalue weighted by Crippen LogP contribution is -2.16. The molecule has 0 aliphatic carbocycles. The number of nitrogens with zero attached hydrogens (tertiary/aromatic N) is 1. The first kappa shape index (κ1) is 10.0. The van der Waals surface area contributed by atoms with Crippen molar-refractivity contribution in [2.75, 3.05) is 5.73 Å². The number of hydrogen-bond donors (Lipinski definition) is 1. The van der Waals surface area contributed by atoms with Crippen molar-refractivity contribution < 1.29 is 4.39 Å². The van der Waals surface area contributed by atoms with Gasteiger partial charge in [0.25, 0.3) is 0 Å². The van der Waals surface area contributed by atoms with Gasteiger partial charge in [-0.25, -0.2) is 9.37 Å². The van der Waals surface area contributed by atoms with Crippen LogP contribution >= 0.6 is 0 Å². The zero-order chi connectivity index (χ0) is 9.68. The molecule has 1 radical (unpaired) electrons. The van der Waals surface area contributed by atoms with Crippen LogP contribution in [-0.2, 0) is 0 Å². The van der Waals surface area contributed by atoms with E-state index in [1.165, 1.54) is 6.07 Å². The van der Waals surface area contributed by atoms with Crippen LogP contribution in [-0.4, -0.2) is 12.3 Å². The minimum Gasteiger partial charge on any atom is -0.381 e. The molecular weight excluding hydrogens is 166 g/mol. The van der Waals surface area contributed by atoms with Crippen molar-refractivity contribution in [2.24, 2.45) is 0 Å². The van der Waals surface area contributed by atoms with Crippen molar-refractivity contribution in [1.82, 2.24) is 4.98 Å². The van der Waals surface area contributed by atoms with Gasteiger partial charge in [0.2, 0.25) is 0 Å². The Bertz CT molecular complexity index is 278. The van der Waals surface area contributed by atoms with Gasteiger partial charge in [-0.1, -0.05) is 31.5 Å². The number of aromatic nitrogens is 1. The van der Waals surface area contributed by atoms with Gasteiger partial charge in [0.05, 0.1) is 0 Å². The van der Waals surface area contributed by atoms with Crippen LogP contribution in [0.5, 0.6) is 0 Å². The van der Waals surface area contributed by atoms with Crippen LogP contribution in [0.15, 0.2) is 12.3 Å². The average molecular weight is 179 g/mol. The van der Waals surface area contributed by atoms with Gasteiger partial charge < -0.3 is 5.73 Å². The van der Waals surface area contributed by atoms with Crippen LogP contribution < -0.4 is 11.2 Å². The second kappa shape index (κ2) is 4.85. The molecule has 0 saturated heterocycles. The Kier molecular flexibility index (Phi) is 3.74. The smallest absolute Gasteiger partial charge is 0.164 e. The first-order valence-electron chi connectivity index (χ1n) is 4.48. The van der Waals surface area contributed by atoms with Gasteiger partial charge in [0.15, 0.2) is 18.9 Å². The van der Waals surface area contributed by atoms with Crippen LogP contribution in [0.1, 0.15) is 19.8 Å². The van der Waals surface area contributed by atoms with Crippen molar-refractivity contribution in [3.8, 4) is 0 Å². The highest BCUT2D eigenvalue weighted by atomic mass is 19.1. The molecule has 0 atom stereocenters. The third-order valence-electron chi connectivity index (χ3n) is 1.83. The monoisotopic (exact) mass is 179 g/mol. The highest BCUT2D eigenvalue weighted by molar-refractivity contribution is 6.53. The first-order valence-corrected chi connectivity index (χ1v) is 4.48. The fourth-order valence-electron chi connectivity index (χ4n) is 1.05. The molecule has 2 N–H and O–H groups in total.